The molecule has 0 bridgehead atoms. The van der Waals surface area contributed by atoms with Gasteiger partial charge in [0.05, 0.1) is 0 Å². The maximum atomic E-state index is 2.39. The Kier molecular flexibility index (Phi) is 8.59. The molecule has 10 rings (SSSR count). The quantitative estimate of drug-likeness (QED) is 0.176. The molecule has 0 N–H and O–H groups in total. The zero-order valence-corrected chi connectivity index (χ0v) is 32.3. The standard InChI is InChI=1S/C32H27N.C22H18/c1-22-12-15-25(16-13-22)33(26-17-14-23-8-4-5-9-24(23)20-26)27-18-19-29-28-10-6-7-11-30(28)32(2,3)31(29)21-27;1-15-7-5-9-18-10-6-12-20(21(15)18)22-16(2)13-14-17-8-3-4-11-19(17)22/h4-21H,1-3H3;3-14H,1-2H3. The number of benzene rings is 9. The average Bonchev–Trinajstić information content (AvgIpc) is 3.44. The summed E-state index contributed by atoms with van der Waals surface area (Å²) in [6.07, 6.45) is 0. The van der Waals surface area contributed by atoms with Crippen molar-refractivity contribution in [3.05, 3.63) is 210 Å². The lowest BCUT2D eigenvalue weighted by molar-refractivity contribution is 0.660. The molecule has 0 fully saturated rings. The van der Waals surface area contributed by atoms with E-state index in [1.54, 1.807) is 0 Å². The van der Waals surface area contributed by atoms with Crippen molar-refractivity contribution < 1.29 is 0 Å². The molecule has 1 aliphatic rings. The maximum Gasteiger partial charge on any atom is 0.0468 e. The van der Waals surface area contributed by atoms with Gasteiger partial charge in [-0.3, -0.25) is 0 Å². The number of rotatable bonds is 4. The van der Waals surface area contributed by atoms with E-state index in [4.69, 9.17) is 0 Å². The predicted octanol–water partition coefficient (Wildman–Crippen LogP) is 15.2. The second-order valence-corrected chi connectivity index (χ2v) is 15.6. The van der Waals surface area contributed by atoms with Crippen molar-refractivity contribution in [1.82, 2.24) is 0 Å². The van der Waals surface area contributed by atoms with Gasteiger partial charge in [-0.2, -0.15) is 0 Å². The van der Waals surface area contributed by atoms with E-state index in [9.17, 15) is 0 Å². The van der Waals surface area contributed by atoms with Gasteiger partial charge in [0.25, 0.3) is 0 Å². The van der Waals surface area contributed by atoms with Crippen LogP contribution in [0.5, 0.6) is 0 Å². The minimum Gasteiger partial charge on any atom is -0.310 e. The maximum absolute atomic E-state index is 2.39. The first-order valence-corrected chi connectivity index (χ1v) is 19.3. The van der Waals surface area contributed by atoms with Gasteiger partial charge < -0.3 is 4.90 Å². The first-order chi connectivity index (χ1) is 26.8. The molecule has 0 atom stereocenters. The third-order valence-electron chi connectivity index (χ3n) is 11.6. The Morgan fingerprint density at radius 3 is 1.78 bits per heavy atom. The Hall–Kier alpha value is -6.44. The molecule has 1 nitrogen and oxygen atoms in total. The van der Waals surface area contributed by atoms with Crippen molar-refractivity contribution in [3.8, 4) is 22.3 Å². The van der Waals surface area contributed by atoms with Gasteiger partial charge in [0.15, 0.2) is 0 Å². The largest absolute Gasteiger partial charge is 0.310 e. The van der Waals surface area contributed by atoms with Crippen molar-refractivity contribution in [2.24, 2.45) is 0 Å². The van der Waals surface area contributed by atoms with E-state index in [1.807, 2.05) is 0 Å². The molecular weight excluding hydrogens is 663 g/mol. The Balaban J connectivity index is 0.000000157. The van der Waals surface area contributed by atoms with Gasteiger partial charge in [-0.1, -0.05) is 165 Å². The highest BCUT2D eigenvalue weighted by molar-refractivity contribution is 6.07. The van der Waals surface area contributed by atoms with E-state index in [0.717, 1.165) is 0 Å². The number of hydrogen-bond acceptors (Lipinski definition) is 1. The summed E-state index contributed by atoms with van der Waals surface area (Å²) in [6, 6.07) is 66.2. The number of hydrogen-bond donors (Lipinski definition) is 0. The van der Waals surface area contributed by atoms with Gasteiger partial charge in [-0.15, -0.1) is 0 Å². The van der Waals surface area contributed by atoms with E-state index >= 15 is 0 Å². The van der Waals surface area contributed by atoms with Crippen LogP contribution in [0, 0.1) is 20.8 Å². The van der Waals surface area contributed by atoms with Crippen LogP contribution in [0.2, 0.25) is 0 Å². The molecule has 1 heteroatoms. The van der Waals surface area contributed by atoms with Crippen LogP contribution < -0.4 is 4.90 Å². The van der Waals surface area contributed by atoms with Crippen LogP contribution in [0.3, 0.4) is 0 Å². The monoisotopic (exact) mass is 707 g/mol. The van der Waals surface area contributed by atoms with Gasteiger partial charge in [-0.05, 0) is 134 Å². The van der Waals surface area contributed by atoms with Crippen LogP contribution in [-0.2, 0) is 5.41 Å². The van der Waals surface area contributed by atoms with Crippen molar-refractivity contribution in [2.75, 3.05) is 4.90 Å². The van der Waals surface area contributed by atoms with Crippen LogP contribution in [-0.4, -0.2) is 0 Å². The van der Waals surface area contributed by atoms with Crippen LogP contribution in [0.1, 0.15) is 41.7 Å². The van der Waals surface area contributed by atoms with Gasteiger partial charge in [0.2, 0.25) is 0 Å². The second kappa shape index (κ2) is 13.8. The number of aryl methyl sites for hydroxylation is 3. The average molecular weight is 708 g/mol. The fourth-order valence-corrected chi connectivity index (χ4v) is 8.76. The predicted molar refractivity (Wildman–Crippen MR) is 237 cm³/mol. The summed E-state index contributed by atoms with van der Waals surface area (Å²) in [4.78, 5) is 2.38. The van der Waals surface area contributed by atoms with Crippen molar-refractivity contribution in [1.29, 1.82) is 0 Å². The lowest BCUT2D eigenvalue weighted by Crippen LogP contribution is -2.16. The molecular formula is C54H45N. The summed E-state index contributed by atoms with van der Waals surface area (Å²) >= 11 is 0. The van der Waals surface area contributed by atoms with E-state index in [0.29, 0.717) is 0 Å². The number of fused-ring (bicyclic) bond motifs is 6. The summed E-state index contributed by atoms with van der Waals surface area (Å²) in [7, 11) is 0. The van der Waals surface area contributed by atoms with Gasteiger partial charge >= 0.3 is 0 Å². The second-order valence-electron chi connectivity index (χ2n) is 15.6. The van der Waals surface area contributed by atoms with E-state index in [-0.39, 0.29) is 5.41 Å². The first kappa shape index (κ1) is 34.3. The molecule has 0 radical (unpaired) electrons. The summed E-state index contributed by atoms with van der Waals surface area (Å²) in [5.41, 5.74) is 15.6. The van der Waals surface area contributed by atoms with Crippen LogP contribution in [0.25, 0.3) is 54.6 Å². The zero-order valence-electron chi connectivity index (χ0n) is 32.3. The van der Waals surface area contributed by atoms with Crippen LogP contribution >= 0.6 is 0 Å². The van der Waals surface area contributed by atoms with Crippen LogP contribution in [0.4, 0.5) is 17.1 Å². The van der Waals surface area contributed by atoms with Crippen molar-refractivity contribution >= 4 is 49.4 Å². The number of anilines is 3. The van der Waals surface area contributed by atoms with E-state index in [1.165, 1.54) is 99.5 Å². The Labute approximate surface area is 325 Å². The third kappa shape index (κ3) is 6.07. The summed E-state index contributed by atoms with van der Waals surface area (Å²) in [5.74, 6) is 0. The SMILES string of the molecule is Cc1ccc(N(c2ccc3c(c2)C(C)(C)c2ccccc2-3)c2ccc3ccccc3c2)cc1.Cc1ccc2ccccc2c1-c1cccc2cccc(C)c12. The van der Waals surface area contributed by atoms with Gasteiger partial charge in [-0.25, -0.2) is 0 Å². The summed E-state index contributed by atoms with van der Waals surface area (Å²) in [6.45, 7) is 11.2. The van der Waals surface area contributed by atoms with Crippen molar-refractivity contribution in [3.63, 3.8) is 0 Å². The molecule has 0 spiro atoms. The normalized spacial score (nSPS) is 12.6. The molecule has 1 aliphatic carbocycles. The fourth-order valence-electron chi connectivity index (χ4n) is 8.76. The lowest BCUT2D eigenvalue weighted by Gasteiger charge is -2.28. The first-order valence-electron chi connectivity index (χ1n) is 19.3. The molecule has 0 amide bonds. The molecule has 0 saturated carbocycles. The minimum absolute atomic E-state index is 0.0235. The molecule has 0 aromatic heterocycles. The van der Waals surface area contributed by atoms with Crippen LogP contribution in [0.15, 0.2) is 182 Å². The molecule has 0 unspecified atom stereocenters. The Morgan fingerprint density at radius 2 is 0.964 bits per heavy atom. The Morgan fingerprint density at radius 1 is 0.382 bits per heavy atom. The topological polar surface area (TPSA) is 3.24 Å². The highest BCUT2D eigenvalue weighted by Crippen LogP contribution is 2.50. The molecule has 0 aliphatic heterocycles. The molecule has 0 saturated heterocycles. The minimum atomic E-state index is -0.0235. The summed E-state index contributed by atoms with van der Waals surface area (Å²) < 4.78 is 0. The lowest BCUT2D eigenvalue weighted by atomic mass is 9.82. The smallest absolute Gasteiger partial charge is 0.0468 e. The molecule has 9 aromatic carbocycles. The molecule has 0 heterocycles. The van der Waals surface area contributed by atoms with Gasteiger partial charge in [0, 0.05) is 22.5 Å². The fraction of sp³-hybridized carbons (Fsp3) is 0.111. The Bertz CT molecular complexity index is 2870. The molecule has 266 valence electrons. The van der Waals surface area contributed by atoms with Gasteiger partial charge in [0.1, 0.15) is 0 Å². The zero-order chi connectivity index (χ0) is 37.7. The number of nitrogens with zero attached hydrogens (tertiary/aromatic N) is 1. The molecule has 55 heavy (non-hydrogen) atoms. The van der Waals surface area contributed by atoms with E-state index < -0.39 is 0 Å². The molecule has 9 aromatic rings. The highest BCUT2D eigenvalue weighted by atomic mass is 15.1. The third-order valence-corrected chi connectivity index (χ3v) is 11.6. The summed E-state index contributed by atoms with van der Waals surface area (Å²) in [5, 5.41) is 7.82. The van der Waals surface area contributed by atoms with Crippen molar-refractivity contribution in [2.45, 2.75) is 40.0 Å². The van der Waals surface area contributed by atoms with E-state index in [2.05, 4.69) is 222 Å². The highest BCUT2D eigenvalue weighted by Gasteiger charge is 2.35.